The molecule has 0 aromatic rings. The van der Waals surface area contributed by atoms with Crippen LogP contribution in [0.5, 0.6) is 0 Å². The van der Waals surface area contributed by atoms with Crippen molar-refractivity contribution in [2.75, 3.05) is 13.7 Å². The van der Waals surface area contributed by atoms with Crippen LogP contribution in [-0.4, -0.2) is 25.8 Å². The summed E-state index contributed by atoms with van der Waals surface area (Å²) in [6.07, 6.45) is 3.31. The molecule has 0 amide bonds. The summed E-state index contributed by atoms with van der Waals surface area (Å²) in [6.45, 7) is 2.75. The third kappa shape index (κ3) is 1.03. The lowest BCUT2D eigenvalue weighted by Crippen LogP contribution is -2.63. The summed E-state index contributed by atoms with van der Waals surface area (Å²) < 4.78 is 10.3. The first-order chi connectivity index (χ1) is 6.24. The monoisotopic (exact) mass is 184 g/mol. The molecule has 0 aliphatic heterocycles. The third-order valence-corrected chi connectivity index (χ3v) is 3.60. The molecule has 0 heterocycles. The first-order valence-corrected chi connectivity index (χ1v) is 4.94. The van der Waals surface area contributed by atoms with E-state index in [0.29, 0.717) is 12.0 Å². The van der Waals surface area contributed by atoms with Crippen molar-refractivity contribution in [2.45, 2.75) is 32.3 Å². The summed E-state index contributed by atoms with van der Waals surface area (Å²) in [7, 11) is 1.47. The predicted octanol–water partition coefficient (Wildman–Crippen LogP) is 1.36. The first-order valence-electron chi connectivity index (χ1n) is 4.94. The molecule has 3 atom stereocenters. The largest absolute Gasteiger partial charge is 0.469 e. The summed E-state index contributed by atoms with van der Waals surface area (Å²) in [5.74, 6) is 0.416. The molecule has 3 unspecified atom stereocenters. The number of esters is 1. The van der Waals surface area contributed by atoms with E-state index in [4.69, 9.17) is 9.47 Å². The highest BCUT2D eigenvalue weighted by molar-refractivity contribution is 5.80. The molecule has 2 saturated carbocycles. The molecule has 2 aliphatic carbocycles. The maximum absolute atomic E-state index is 11.4. The lowest BCUT2D eigenvalue weighted by molar-refractivity contribution is -0.220. The van der Waals surface area contributed by atoms with Gasteiger partial charge in [-0.25, -0.2) is 0 Å². The molecule has 2 aliphatic rings. The molecule has 3 nitrogen and oxygen atoms in total. The molecule has 0 spiro atoms. The molecule has 13 heavy (non-hydrogen) atoms. The Hall–Kier alpha value is -0.570. The zero-order valence-electron chi connectivity index (χ0n) is 8.21. The summed E-state index contributed by atoms with van der Waals surface area (Å²) in [6, 6.07) is 0. The van der Waals surface area contributed by atoms with Gasteiger partial charge < -0.3 is 9.47 Å². The van der Waals surface area contributed by atoms with E-state index in [9.17, 15) is 4.79 Å². The molecule has 2 fully saturated rings. The van der Waals surface area contributed by atoms with Gasteiger partial charge in [-0.05, 0) is 26.2 Å². The van der Waals surface area contributed by atoms with Crippen LogP contribution in [0.25, 0.3) is 0 Å². The van der Waals surface area contributed by atoms with Gasteiger partial charge in [0.25, 0.3) is 0 Å². The first kappa shape index (κ1) is 9.00. The van der Waals surface area contributed by atoms with Crippen molar-refractivity contribution in [1.82, 2.24) is 0 Å². The predicted molar refractivity (Wildman–Crippen MR) is 47.2 cm³/mol. The minimum Gasteiger partial charge on any atom is -0.469 e. The van der Waals surface area contributed by atoms with E-state index in [0.717, 1.165) is 25.9 Å². The van der Waals surface area contributed by atoms with Gasteiger partial charge in [-0.1, -0.05) is 0 Å². The lowest BCUT2D eigenvalue weighted by atomic mass is 9.46. The van der Waals surface area contributed by atoms with Crippen molar-refractivity contribution >= 4 is 5.97 Å². The number of carbonyl (C=O) groups is 1. The van der Waals surface area contributed by atoms with Crippen LogP contribution in [0, 0.1) is 11.3 Å². The normalized spacial score (nSPS) is 41.4. The average Bonchev–Trinajstić information content (AvgIpc) is 2.11. The van der Waals surface area contributed by atoms with Gasteiger partial charge in [0.15, 0.2) is 0 Å². The number of hydrogen-bond acceptors (Lipinski definition) is 3. The Labute approximate surface area is 78.4 Å². The van der Waals surface area contributed by atoms with Crippen molar-refractivity contribution in [2.24, 2.45) is 11.3 Å². The topological polar surface area (TPSA) is 35.5 Å². The van der Waals surface area contributed by atoms with Crippen LogP contribution in [0.1, 0.15) is 26.2 Å². The summed E-state index contributed by atoms with van der Waals surface area (Å²) in [4.78, 5) is 11.4. The van der Waals surface area contributed by atoms with Gasteiger partial charge >= 0.3 is 5.97 Å². The van der Waals surface area contributed by atoms with E-state index in [1.165, 1.54) is 7.11 Å². The van der Waals surface area contributed by atoms with Crippen LogP contribution in [0.15, 0.2) is 0 Å². The second kappa shape index (κ2) is 2.98. The number of hydrogen-bond donors (Lipinski definition) is 0. The van der Waals surface area contributed by atoms with E-state index >= 15 is 0 Å². The van der Waals surface area contributed by atoms with Crippen LogP contribution in [0.4, 0.5) is 0 Å². The molecule has 3 heteroatoms. The number of methoxy groups -OCH3 is 1. The van der Waals surface area contributed by atoms with Crippen LogP contribution in [0.2, 0.25) is 0 Å². The number of rotatable bonds is 3. The summed E-state index contributed by atoms with van der Waals surface area (Å²) in [5, 5.41) is 0. The lowest BCUT2D eigenvalue weighted by Gasteiger charge is -2.60. The maximum Gasteiger partial charge on any atom is 0.312 e. The van der Waals surface area contributed by atoms with Crippen molar-refractivity contribution in [3.63, 3.8) is 0 Å². The second-order valence-corrected chi connectivity index (χ2v) is 3.99. The van der Waals surface area contributed by atoms with Crippen molar-refractivity contribution in [1.29, 1.82) is 0 Å². The third-order valence-electron chi connectivity index (χ3n) is 3.60. The quantitative estimate of drug-likeness (QED) is 0.621. The summed E-state index contributed by atoms with van der Waals surface area (Å²) >= 11 is 0. The average molecular weight is 184 g/mol. The van der Waals surface area contributed by atoms with E-state index in [1.807, 2.05) is 6.92 Å². The smallest absolute Gasteiger partial charge is 0.312 e. The van der Waals surface area contributed by atoms with Gasteiger partial charge in [0, 0.05) is 12.5 Å². The zero-order chi connectivity index (χ0) is 9.47. The molecular formula is C10H16O3. The second-order valence-electron chi connectivity index (χ2n) is 3.99. The SMILES string of the molecule is CCOC1CC2(C(=O)OC)CCC12. The number of carbonyl (C=O) groups excluding carboxylic acids is 1. The highest BCUT2D eigenvalue weighted by atomic mass is 16.5. The highest BCUT2D eigenvalue weighted by Gasteiger charge is 2.65. The highest BCUT2D eigenvalue weighted by Crippen LogP contribution is 2.62. The van der Waals surface area contributed by atoms with Crippen molar-refractivity contribution in [3.8, 4) is 0 Å². The fourth-order valence-electron chi connectivity index (χ4n) is 2.72. The summed E-state index contributed by atoms with van der Waals surface area (Å²) in [5.41, 5.74) is -0.144. The molecule has 0 N–H and O–H groups in total. The Balaban J connectivity index is 1.96. The maximum atomic E-state index is 11.4. The molecule has 0 saturated heterocycles. The van der Waals surface area contributed by atoms with E-state index in [2.05, 4.69) is 0 Å². The Morgan fingerprint density at radius 2 is 2.38 bits per heavy atom. The van der Waals surface area contributed by atoms with Gasteiger partial charge in [-0.15, -0.1) is 0 Å². The molecule has 74 valence electrons. The number of fused-ring (bicyclic) bond motifs is 1. The van der Waals surface area contributed by atoms with Crippen LogP contribution >= 0.6 is 0 Å². The molecule has 0 radical (unpaired) electrons. The van der Waals surface area contributed by atoms with Gasteiger partial charge in [0.1, 0.15) is 0 Å². The fraction of sp³-hybridized carbons (Fsp3) is 0.900. The van der Waals surface area contributed by atoms with E-state index in [-0.39, 0.29) is 11.4 Å². The Morgan fingerprint density at radius 3 is 2.77 bits per heavy atom. The molecular weight excluding hydrogens is 168 g/mol. The van der Waals surface area contributed by atoms with Crippen molar-refractivity contribution < 1.29 is 14.3 Å². The Bertz CT molecular complexity index is 226. The number of ether oxygens (including phenoxy) is 2. The van der Waals surface area contributed by atoms with E-state index in [1.54, 1.807) is 0 Å². The molecule has 0 bridgehead atoms. The van der Waals surface area contributed by atoms with Crippen LogP contribution in [-0.2, 0) is 14.3 Å². The Kier molecular flexibility index (Phi) is 2.06. The zero-order valence-corrected chi connectivity index (χ0v) is 8.21. The van der Waals surface area contributed by atoms with Gasteiger partial charge in [-0.3, -0.25) is 4.79 Å². The minimum absolute atomic E-state index is 0.0281. The van der Waals surface area contributed by atoms with Gasteiger partial charge in [0.2, 0.25) is 0 Å². The minimum atomic E-state index is -0.144. The fourth-order valence-corrected chi connectivity index (χ4v) is 2.72. The van der Waals surface area contributed by atoms with Gasteiger partial charge in [0.05, 0.1) is 18.6 Å². The van der Waals surface area contributed by atoms with Crippen LogP contribution < -0.4 is 0 Å². The molecule has 2 rings (SSSR count). The van der Waals surface area contributed by atoms with Crippen molar-refractivity contribution in [3.05, 3.63) is 0 Å². The van der Waals surface area contributed by atoms with Gasteiger partial charge in [-0.2, -0.15) is 0 Å². The Morgan fingerprint density at radius 1 is 1.62 bits per heavy atom. The standard InChI is InChI=1S/C10H16O3/c1-3-13-8-6-10(9(11)12-2)5-4-7(8)10/h7-8H,3-6H2,1-2H3. The molecule has 0 aromatic carbocycles. The molecule has 0 aromatic heterocycles. The van der Waals surface area contributed by atoms with Crippen LogP contribution in [0.3, 0.4) is 0 Å². The van der Waals surface area contributed by atoms with E-state index < -0.39 is 0 Å².